The van der Waals surface area contributed by atoms with Crippen molar-refractivity contribution in [3.8, 4) is 11.3 Å². The molecule has 0 aliphatic heterocycles. The Bertz CT molecular complexity index is 1740. The Balaban J connectivity index is 1.63. The van der Waals surface area contributed by atoms with E-state index in [9.17, 15) is 13.2 Å². The summed E-state index contributed by atoms with van der Waals surface area (Å²) in [6.45, 7) is 3.02. The molecule has 1 N–H and O–H groups in total. The zero-order valence-electron chi connectivity index (χ0n) is 21.5. The largest absolute Gasteiger partial charge is 0.385 e. The fourth-order valence-corrected chi connectivity index (χ4v) is 6.06. The van der Waals surface area contributed by atoms with Gasteiger partial charge in [0.2, 0.25) is 5.91 Å². The fraction of sp³-hybridized carbons (Fsp3) is 0.250. The quantitative estimate of drug-likeness (QED) is 0.290. The summed E-state index contributed by atoms with van der Waals surface area (Å²) in [5.41, 5.74) is 3.97. The third kappa shape index (κ3) is 4.80. The van der Waals surface area contributed by atoms with Crippen molar-refractivity contribution in [2.75, 3.05) is 20.3 Å². The van der Waals surface area contributed by atoms with Crippen LogP contribution in [0, 0.1) is 6.92 Å². The van der Waals surface area contributed by atoms with Crippen LogP contribution in [0.2, 0.25) is 0 Å². The molecule has 0 saturated heterocycles. The van der Waals surface area contributed by atoms with Gasteiger partial charge in [0.1, 0.15) is 0 Å². The lowest BCUT2D eigenvalue weighted by atomic mass is 10.1. The summed E-state index contributed by atoms with van der Waals surface area (Å²) >= 11 is 0. The summed E-state index contributed by atoms with van der Waals surface area (Å²) in [6, 6.07) is 16.0. The number of pyridine rings is 1. The van der Waals surface area contributed by atoms with E-state index in [-0.39, 0.29) is 17.2 Å². The van der Waals surface area contributed by atoms with E-state index in [4.69, 9.17) is 4.74 Å². The van der Waals surface area contributed by atoms with Gasteiger partial charge in [-0.3, -0.25) is 9.48 Å². The van der Waals surface area contributed by atoms with Crippen LogP contribution in [-0.4, -0.2) is 53.3 Å². The molecule has 3 heterocycles. The van der Waals surface area contributed by atoms with Gasteiger partial charge < -0.3 is 10.1 Å². The van der Waals surface area contributed by atoms with E-state index in [0.717, 1.165) is 28.5 Å². The van der Waals surface area contributed by atoms with Crippen molar-refractivity contribution in [2.24, 2.45) is 7.05 Å². The van der Waals surface area contributed by atoms with E-state index in [0.29, 0.717) is 35.4 Å². The maximum atomic E-state index is 14.0. The first kappa shape index (κ1) is 25.6. The molecule has 0 aliphatic carbocycles. The molecule has 3 aromatic heterocycles. The Morgan fingerprint density at radius 3 is 2.63 bits per heavy atom. The highest BCUT2D eigenvalue weighted by atomic mass is 32.2. The number of hydrogen-bond acceptors (Lipinski definition) is 6. The summed E-state index contributed by atoms with van der Waals surface area (Å²) < 4.78 is 36.1. The Kier molecular flexibility index (Phi) is 7.00. The first-order valence-corrected chi connectivity index (χ1v) is 13.7. The highest BCUT2D eigenvalue weighted by molar-refractivity contribution is 7.90. The van der Waals surface area contributed by atoms with Gasteiger partial charge in [-0.2, -0.15) is 5.10 Å². The van der Waals surface area contributed by atoms with Gasteiger partial charge >= 0.3 is 0 Å². The van der Waals surface area contributed by atoms with Crippen molar-refractivity contribution < 1.29 is 17.9 Å². The maximum absolute atomic E-state index is 14.0. The van der Waals surface area contributed by atoms with Gasteiger partial charge in [0.25, 0.3) is 10.0 Å². The van der Waals surface area contributed by atoms with Gasteiger partial charge in [-0.05, 0) is 48.7 Å². The second-order valence-corrected chi connectivity index (χ2v) is 11.0. The van der Waals surface area contributed by atoms with E-state index in [1.807, 2.05) is 44.3 Å². The van der Waals surface area contributed by atoms with E-state index >= 15 is 0 Å². The Morgan fingerprint density at radius 1 is 1.08 bits per heavy atom. The number of ether oxygens (including phenoxy) is 1. The van der Waals surface area contributed by atoms with Crippen LogP contribution in [0.25, 0.3) is 33.2 Å². The molecule has 2 aromatic carbocycles. The molecule has 9 nitrogen and oxygen atoms in total. The van der Waals surface area contributed by atoms with Gasteiger partial charge in [0, 0.05) is 44.3 Å². The minimum Gasteiger partial charge on any atom is -0.385 e. The first-order chi connectivity index (χ1) is 18.3. The van der Waals surface area contributed by atoms with Crippen LogP contribution in [-0.2, 0) is 33.0 Å². The van der Waals surface area contributed by atoms with Crippen molar-refractivity contribution in [1.82, 2.24) is 24.1 Å². The zero-order valence-corrected chi connectivity index (χ0v) is 22.3. The van der Waals surface area contributed by atoms with Gasteiger partial charge in [-0.15, -0.1) is 0 Å². The SMILES string of the molecule is COCCCNC(=O)Cc1cccc(-c2cc3c4c(cnc3n2S(=O)(=O)c2ccc(C)cc2)cnn4C)c1. The smallest absolute Gasteiger partial charge is 0.269 e. The Hall–Kier alpha value is -4.02. The Labute approximate surface area is 221 Å². The molecule has 0 spiro atoms. The number of methoxy groups -OCH3 is 1. The highest BCUT2D eigenvalue weighted by Crippen LogP contribution is 2.35. The predicted molar refractivity (Wildman–Crippen MR) is 146 cm³/mol. The topological polar surface area (TPSA) is 108 Å². The van der Waals surface area contributed by atoms with Crippen molar-refractivity contribution >= 4 is 37.9 Å². The number of nitrogens with zero attached hydrogens (tertiary/aromatic N) is 4. The molecule has 0 aliphatic rings. The predicted octanol–water partition coefficient (Wildman–Crippen LogP) is 3.83. The van der Waals surface area contributed by atoms with Crippen LogP contribution in [0.15, 0.2) is 71.9 Å². The molecule has 5 aromatic rings. The highest BCUT2D eigenvalue weighted by Gasteiger charge is 2.26. The number of benzene rings is 2. The minimum absolute atomic E-state index is 0.107. The number of nitrogens with one attached hydrogen (secondary N) is 1. The van der Waals surface area contributed by atoms with Crippen molar-refractivity contribution in [3.05, 3.63) is 78.1 Å². The molecule has 0 atom stereocenters. The van der Waals surface area contributed by atoms with Crippen LogP contribution in [0.4, 0.5) is 0 Å². The van der Waals surface area contributed by atoms with Crippen molar-refractivity contribution in [3.63, 3.8) is 0 Å². The van der Waals surface area contributed by atoms with Gasteiger partial charge in [0.15, 0.2) is 5.65 Å². The third-order valence-electron chi connectivity index (χ3n) is 6.48. The van der Waals surface area contributed by atoms with Crippen LogP contribution in [0.1, 0.15) is 17.5 Å². The van der Waals surface area contributed by atoms with Gasteiger partial charge in [0.05, 0.1) is 28.7 Å². The lowest BCUT2D eigenvalue weighted by molar-refractivity contribution is -0.120. The molecular weight excluding hydrogens is 502 g/mol. The van der Waals surface area contributed by atoms with Gasteiger partial charge in [-0.1, -0.05) is 35.9 Å². The fourth-order valence-electron chi connectivity index (χ4n) is 4.58. The zero-order chi connectivity index (χ0) is 26.9. The number of aromatic nitrogens is 4. The monoisotopic (exact) mass is 531 g/mol. The molecule has 1 amide bonds. The van der Waals surface area contributed by atoms with E-state index in [1.54, 1.807) is 48.5 Å². The summed E-state index contributed by atoms with van der Waals surface area (Å²) in [7, 11) is -0.558. The molecule has 0 saturated carbocycles. The molecule has 10 heteroatoms. The lowest BCUT2D eigenvalue weighted by Gasteiger charge is -2.13. The summed E-state index contributed by atoms with van der Waals surface area (Å²) in [6.07, 6.45) is 4.25. The maximum Gasteiger partial charge on any atom is 0.269 e. The van der Waals surface area contributed by atoms with E-state index < -0.39 is 10.0 Å². The average molecular weight is 532 g/mol. The lowest BCUT2D eigenvalue weighted by Crippen LogP contribution is -2.26. The molecule has 38 heavy (non-hydrogen) atoms. The number of carbonyl (C=O) groups excluding carboxylic acids is 1. The summed E-state index contributed by atoms with van der Waals surface area (Å²) in [4.78, 5) is 17.2. The second-order valence-electron chi connectivity index (χ2n) is 9.25. The van der Waals surface area contributed by atoms with Crippen LogP contribution in [0.3, 0.4) is 0 Å². The molecule has 5 rings (SSSR count). The van der Waals surface area contributed by atoms with Crippen molar-refractivity contribution in [2.45, 2.75) is 24.7 Å². The molecule has 196 valence electrons. The number of aryl methyl sites for hydroxylation is 2. The standard InChI is InChI=1S/C28H29N5O4S/c1-19-8-10-23(11-9-19)38(35,36)33-25(16-24-27-22(17-30-28(24)33)18-31-32(27)2)21-7-4-6-20(14-21)15-26(34)29-12-5-13-37-3/h4,6-11,14,16-18H,5,12-13,15H2,1-3H3,(H,29,34). The number of hydrogen-bond donors (Lipinski definition) is 1. The molecule has 0 bridgehead atoms. The van der Waals surface area contributed by atoms with E-state index in [1.165, 1.54) is 3.97 Å². The summed E-state index contributed by atoms with van der Waals surface area (Å²) in [5, 5.41) is 8.72. The summed E-state index contributed by atoms with van der Waals surface area (Å²) in [5.74, 6) is -0.107. The molecular formula is C28H29N5O4S. The normalized spacial score (nSPS) is 11.9. The van der Waals surface area contributed by atoms with Crippen LogP contribution < -0.4 is 5.32 Å². The first-order valence-electron chi connectivity index (χ1n) is 12.3. The third-order valence-corrected chi connectivity index (χ3v) is 8.19. The van der Waals surface area contributed by atoms with Crippen molar-refractivity contribution in [1.29, 1.82) is 0 Å². The van der Waals surface area contributed by atoms with E-state index in [2.05, 4.69) is 15.4 Å². The molecule has 0 radical (unpaired) electrons. The Morgan fingerprint density at radius 2 is 1.87 bits per heavy atom. The number of carbonyl (C=O) groups is 1. The van der Waals surface area contributed by atoms with Crippen LogP contribution >= 0.6 is 0 Å². The number of amides is 1. The minimum atomic E-state index is -4.00. The molecule has 0 unspecified atom stereocenters. The average Bonchev–Trinajstić information content (AvgIpc) is 3.48. The number of fused-ring (bicyclic) bond motifs is 3. The number of rotatable bonds is 9. The molecule has 0 fully saturated rings. The second kappa shape index (κ2) is 10.4. The van der Waals surface area contributed by atoms with Gasteiger partial charge in [-0.25, -0.2) is 17.4 Å². The van der Waals surface area contributed by atoms with Crippen LogP contribution in [0.5, 0.6) is 0 Å².